The summed E-state index contributed by atoms with van der Waals surface area (Å²) in [6, 6.07) is 3.34. The van der Waals surface area contributed by atoms with E-state index >= 15 is 0 Å². The third-order valence-corrected chi connectivity index (χ3v) is 2.72. The fourth-order valence-corrected chi connectivity index (χ4v) is 1.89. The molecule has 0 heterocycles. The Bertz CT molecular complexity index is 330. The number of hydrogen-bond acceptors (Lipinski definition) is 2. The van der Waals surface area contributed by atoms with E-state index in [4.69, 9.17) is 39.5 Å². The summed E-state index contributed by atoms with van der Waals surface area (Å²) in [6.45, 7) is 0. The van der Waals surface area contributed by atoms with Crippen LogP contribution in [-0.2, 0) is 0 Å². The van der Waals surface area contributed by atoms with E-state index in [1.165, 1.54) is 7.11 Å². The molecule has 2 nitrogen and oxygen atoms in total. The van der Waals surface area contributed by atoms with Crippen LogP contribution in [0.5, 0.6) is 5.75 Å². The standard InChI is InChI=1S/C9H10Cl3NO/c1-13-9(12)6-3-5(10)4-7(11)8(6)14-2/h3-4,9,13H,1-2H3. The second kappa shape index (κ2) is 5.08. The van der Waals surface area contributed by atoms with Crippen LogP contribution in [0.4, 0.5) is 0 Å². The number of rotatable bonds is 3. The van der Waals surface area contributed by atoms with Gasteiger partial charge in [0.05, 0.1) is 12.1 Å². The summed E-state index contributed by atoms with van der Waals surface area (Å²) in [4.78, 5) is 0. The topological polar surface area (TPSA) is 21.3 Å². The number of ether oxygens (including phenoxy) is 1. The van der Waals surface area contributed by atoms with Gasteiger partial charge in [-0.05, 0) is 19.2 Å². The number of hydrogen-bond donors (Lipinski definition) is 1. The van der Waals surface area contributed by atoms with Crippen LogP contribution >= 0.6 is 34.8 Å². The molecule has 0 fully saturated rings. The lowest BCUT2D eigenvalue weighted by atomic mass is 10.2. The molecule has 0 bridgehead atoms. The molecule has 1 unspecified atom stereocenters. The first-order valence-electron chi connectivity index (χ1n) is 3.94. The van der Waals surface area contributed by atoms with Crippen molar-refractivity contribution in [2.45, 2.75) is 5.50 Å². The van der Waals surface area contributed by atoms with Crippen LogP contribution in [0.1, 0.15) is 11.1 Å². The maximum Gasteiger partial charge on any atom is 0.143 e. The molecule has 1 N–H and O–H groups in total. The third-order valence-electron chi connectivity index (χ3n) is 1.77. The van der Waals surface area contributed by atoms with Gasteiger partial charge in [-0.1, -0.05) is 23.2 Å². The highest BCUT2D eigenvalue weighted by atomic mass is 35.5. The van der Waals surface area contributed by atoms with Crippen molar-refractivity contribution in [2.24, 2.45) is 0 Å². The Kier molecular flexibility index (Phi) is 4.32. The normalized spacial score (nSPS) is 12.6. The van der Waals surface area contributed by atoms with E-state index in [0.717, 1.165) is 5.56 Å². The van der Waals surface area contributed by atoms with Crippen LogP contribution in [0.25, 0.3) is 0 Å². The second-order valence-electron chi connectivity index (χ2n) is 2.66. The van der Waals surface area contributed by atoms with Gasteiger partial charge in [-0.2, -0.15) is 0 Å². The van der Waals surface area contributed by atoms with Gasteiger partial charge < -0.3 is 10.1 Å². The van der Waals surface area contributed by atoms with Crippen molar-refractivity contribution in [3.8, 4) is 5.75 Å². The second-order valence-corrected chi connectivity index (χ2v) is 3.94. The Balaban J connectivity index is 3.24. The van der Waals surface area contributed by atoms with Crippen molar-refractivity contribution < 1.29 is 4.74 Å². The summed E-state index contributed by atoms with van der Waals surface area (Å²) in [5.74, 6) is 0.547. The molecule has 1 atom stereocenters. The Morgan fingerprint density at radius 1 is 1.36 bits per heavy atom. The zero-order valence-electron chi connectivity index (χ0n) is 7.77. The third kappa shape index (κ3) is 2.45. The first kappa shape index (κ1) is 11.9. The van der Waals surface area contributed by atoms with Gasteiger partial charge in [-0.3, -0.25) is 0 Å². The van der Waals surface area contributed by atoms with Crippen LogP contribution in [0, 0.1) is 0 Å². The van der Waals surface area contributed by atoms with Crippen LogP contribution in [-0.4, -0.2) is 14.2 Å². The molecule has 1 rings (SSSR count). The minimum absolute atomic E-state index is 0.374. The van der Waals surface area contributed by atoms with Crippen molar-refractivity contribution in [2.75, 3.05) is 14.2 Å². The summed E-state index contributed by atoms with van der Waals surface area (Å²) in [7, 11) is 3.28. The average Bonchev–Trinajstić information content (AvgIpc) is 2.15. The minimum atomic E-state index is -0.374. The van der Waals surface area contributed by atoms with Gasteiger partial charge in [-0.25, -0.2) is 0 Å². The largest absolute Gasteiger partial charge is 0.495 e. The maximum atomic E-state index is 6.01. The molecule has 0 aromatic heterocycles. The Morgan fingerprint density at radius 2 is 2.00 bits per heavy atom. The molecule has 78 valence electrons. The lowest BCUT2D eigenvalue weighted by molar-refractivity contribution is 0.408. The molecular weight excluding hydrogens is 244 g/mol. The summed E-state index contributed by atoms with van der Waals surface area (Å²) in [5.41, 5.74) is 0.357. The van der Waals surface area contributed by atoms with Gasteiger partial charge >= 0.3 is 0 Å². The molecule has 0 radical (unpaired) electrons. The van der Waals surface area contributed by atoms with Gasteiger partial charge in [0.2, 0.25) is 0 Å². The molecule has 0 aliphatic heterocycles. The van der Waals surface area contributed by atoms with Crippen molar-refractivity contribution in [1.29, 1.82) is 0 Å². The summed E-state index contributed by atoms with van der Waals surface area (Å²) in [6.07, 6.45) is 0. The van der Waals surface area contributed by atoms with E-state index in [0.29, 0.717) is 15.8 Å². The van der Waals surface area contributed by atoms with Gasteiger partial charge in [0.25, 0.3) is 0 Å². The monoisotopic (exact) mass is 253 g/mol. The minimum Gasteiger partial charge on any atom is -0.495 e. The molecule has 14 heavy (non-hydrogen) atoms. The SMILES string of the molecule is CNC(Cl)c1cc(Cl)cc(Cl)c1OC. The number of nitrogens with one attached hydrogen (secondary N) is 1. The van der Waals surface area contributed by atoms with Crippen molar-refractivity contribution in [3.63, 3.8) is 0 Å². The lowest BCUT2D eigenvalue weighted by Crippen LogP contribution is -2.11. The molecule has 1 aromatic carbocycles. The van der Waals surface area contributed by atoms with Crippen LogP contribution in [0.2, 0.25) is 10.0 Å². The fourth-order valence-electron chi connectivity index (χ4n) is 1.14. The van der Waals surface area contributed by atoms with Crippen molar-refractivity contribution >= 4 is 34.8 Å². The quantitative estimate of drug-likeness (QED) is 0.659. The molecule has 0 amide bonds. The lowest BCUT2D eigenvalue weighted by Gasteiger charge is -2.14. The number of halogens is 3. The Hall–Kier alpha value is -0.150. The predicted molar refractivity (Wildman–Crippen MR) is 60.7 cm³/mol. The first-order valence-corrected chi connectivity index (χ1v) is 5.13. The smallest absolute Gasteiger partial charge is 0.143 e. The average molecular weight is 255 g/mol. The first-order chi connectivity index (χ1) is 6.60. The van der Waals surface area contributed by atoms with E-state index in [1.54, 1.807) is 19.2 Å². The Morgan fingerprint density at radius 3 is 2.50 bits per heavy atom. The zero-order valence-corrected chi connectivity index (χ0v) is 10.0. The molecule has 0 saturated carbocycles. The molecule has 0 aliphatic rings. The highest BCUT2D eigenvalue weighted by Crippen LogP contribution is 2.36. The van der Waals surface area contributed by atoms with Gasteiger partial charge in [0.1, 0.15) is 11.3 Å². The van der Waals surface area contributed by atoms with E-state index in [1.807, 2.05) is 0 Å². The fraction of sp³-hybridized carbons (Fsp3) is 0.333. The van der Waals surface area contributed by atoms with Gasteiger partial charge in [-0.15, -0.1) is 11.6 Å². The van der Waals surface area contributed by atoms with Gasteiger partial charge in [0, 0.05) is 10.6 Å². The van der Waals surface area contributed by atoms with E-state index in [-0.39, 0.29) is 5.50 Å². The number of alkyl halides is 1. The van der Waals surface area contributed by atoms with Gasteiger partial charge in [0.15, 0.2) is 0 Å². The number of benzene rings is 1. The van der Waals surface area contributed by atoms with Crippen molar-refractivity contribution in [3.05, 3.63) is 27.7 Å². The maximum absolute atomic E-state index is 6.01. The van der Waals surface area contributed by atoms with Crippen molar-refractivity contribution in [1.82, 2.24) is 5.32 Å². The summed E-state index contributed by atoms with van der Waals surface area (Å²) < 4.78 is 5.14. The zero-order chi connectivity index (χ0) is 10.7. The molecule has 0 spiro atoms. The molecule has 0 aliphatic carbocycles. The van der Waals surface area contributed by atoms with E-state index in [9.17, 15) is 0 Å². The molecule has 1 aromatic rings. The van der Waals surface area contributed by atoms with Crippen LogP contribution in [0.3, 0.4) is 0 Å². The predicted octanol–water partition coefficient (Wildman–Crippen LogP) is 3.46. The molecular formula is C9H10Cl3NO. The molecule has 5 heteroatoms. The molecule has 0 saturated heterocycles. The van der Waals surface area contributed by atoms with Crippen LogP contribution in [0.15, 0.2) is 12.1 Å². The van der Waals surface area contributed by atoms with E-state index in [2.05, 4.69) is 5.32 Å². The summed E-state index contributed by atoms with van der Waals surface area (Å²) in [5, 5.41) is 3.87. The highest BCUT2D eigenvalue weighted by Gasteiger charge is 2.15. The Labute approximate surface area is 98.1 Å². The summed E-state index contributed by atoms with van der Waals surface area (Å²) >= 11 is 17.8. The van der Waals surface area contributed by atoms with E-state index < -0.39 is 0 Å². The highest BCUT2D eigenvalue weighted by molar-refractivity contribution is 6.36. The number of methoxy groups -OCH3 is 1. The van der Waals surface area contributed by atoms with Crippen LogP contribution < -0.4 is 10.1 Å².